The van der Waals surface area contributed by atoms with Gasteiger partial charge in [0, 0.05) is 5.28 Å². The predicted octanol–water partition coefficient (Wildman–Crippen LogP) is 0.897. The average molecular weight is 84.1 g/mol. The molecule has 0 aliphatic carbocycles. The third-order valence-electron chi connectivity index (χ3n) is 0.475. The minimum Gasteiger partial charge on any atom is -0.343 e. The van der Waals surface area contributed by atoms with Gasteiger partial charge in [0.25, 0.3) is 0 Å². The van der Waals surface area contributed by atoms with Gasteiger partial charge < -0.3 is 4.84 Å². The lowest BCUT2D eigenvalue weighted by atomic mass is 10.6. The molecule has 1 aliphatic rings. The van der Waals surface area contributed by atoms with Gasteiger partial charge >= 0.3 is 0 Å². The summed E-state index contributed by atoms with van der Waals surface area (Å²) in [6.07, 6.45) is 0. The molecule has 1 rings (SSSR count). The maximum absolute atomic E-state index is 4.42. The Kier molecular flexibility index (Phi) is 0.602. The Balaban J connectivity index is 2.52. The van der Waals surface area contributed by atoms with Crippen LogP contribution in [0.4, 0.5) is 0 Å². The molecule has 1 aliphatic heterocycles. The van der Waals surface area contributed by atoms with Gasteiger partial charge in [-0.25, -0.2) is 0 Å². The molecule has 0 aromatic carbocycles. The van der Waals surface area contributed by atoms with Gasteiger partial charge in [-0.1, -0.05) is 6.58 Å². The Hall–Kier alpha value is -0.860. The quantitative estimate of drug-likeness (QED) is 0.429. The van der Waals surface area contributed by atoms with Gasteiger partial charge in [-0.05, 0) is 0 Å². The van der Waals surface area contributed by atoms with Crippen molar-refractivity contribution in [2.75, 3.05) is 6.54 Å². The highest BCUT2D eigenvalue weighted by Crippen LogP contribution is 2.02. The maximum Gasteiger partial charge on any atom is 0.153 e. The lowest BCUT2D eigenvalue weighted by Gasteiger charge is -1.79. The van der Waals surface area contributed by atoms with Gasteiger partial charge in [0.05, 0.1) is 0 Å². The molecule has 0 bridgehead atoms. The summed E-state index contributed by atoms with van der Waals surface area (Å²) in [7, 11) is 0. The Morgan fingerprint density at radius 3 is 2.83 bits per heavy atom. The van der Waals surface area contributed by atoms with Crippen LogP contribution >= 0.6 is 0 Å². The largest absolute Gasteiger partial charge is 0.343 e. The highest BCUT2D eigenvalue weighted by Gasteiger charge is 1.96. The van der Waals surface area contributed by atoms with E-state index >= 15 is 0 Å². The van der Waals surface area contributed by atoms with Crippen molar-refractivity contribution in [1.29, 1.82) is 0 Å². The molecule has 0 unspecified atom stereocenters. The molecule has 0 saturated carbocycles. The molecule has 0 radical (unpaired) electrons. The van der Waals surface area contributed by atoms with Crippen molar-refractivity contribution in [3.05, 3.63) is 12.3 Å². The van der Waals surface area contributed by atoms with Crippen LogP contribution in [0, 0.1) is 0 Å². The fraction of sp³-hybridized carbons (Fsp3) is 0.333. The van der Waals surface area contributed by atoms with E-state index in [0.717, 1.165) is 0 Å². The zero-order chi connectivity index (χ0) is 4.41. The van der Waals surface area contributed by atoms with Gasteiger partial charge in [0.1, 0.15) is 6.54 Å². The SMILES string of the molecule is C=C1CN=NO1. The summed E-state index contributed by atoms with van der Waals surface area (Å²) >= 11 is 0. The van der Waals surface area contributed by atoms with Crippen LogP contribution in [0.3, 0.4) is 0 Å². The molecule has 32 valence electrons. The Labute approximate surface area is 35.3 Å². The predicted molar refractivity (Wildman–Crippen MR) is 19.9 cm³/mol. The van der Waals surface area contributed by atoms with Crippen molar-refractivity contribution in [2.45, 2.75) is 0 Å². The topological polar surface area (TPSA) is 34.0 Å². The van der Waals surface area contributed by atoms with Crippen LogP contribution in [0.5, 0.6) is 0 Å². The molecule has 0 fully saturated rings. The molecule has 1 heterocycles. The highest BCUT2D eigenvalue weighted by molar-refractivity contribution is 4.85. The van der Waals surface area contributed by atoms with Gasteiger partial charge in [0.15, 0.2) is 5.76 Å². The smallest absolute Gasteiger partial charge is 0.153 e. The van der Waals surface area contributed by atoms with E-state index in [2.05, 4.69) is 21.8 Å². The number of rotatable bonds is 0. The van der Waals surface area contributed by atoms with E-state index in [9.17, 15) is 0 Å². The van der Waals surface area contributed by atoms with Crippen molar-refractivity contribution in [3.8, 4) is 0 Å². The second kappa shape index (κ2) is 1.08. The monoisotopic (exact) mass is 84.0 g/mol. The van der Waals surface area contributed by atoms with Crippen molar-refractivity contribution in [1.82, 2.24) is 0 Å². The maximum atomic E-state index is 4.42. The molecule has 3 heteroatoms. The standard InChI is InChI=1S/C3H4N2O/c1-3-2-4-5-6-3/h1-2H2. The fourth-order valence-electron chi connectivity index (χ4n) is 0.223. The van der Waals surface area contributed by atoms with Crippen molar-refractivity contribution in [2.24, 2.45) is 10.4 Å². The molecule has 0 N–H and O–H groups in total. The first-order valence-corrected chi connectivity index (χ1v) is 1.61. The first-order valence-electron chi connectivity index (χ1n) is 1.61. The van der Waals surface area contributed by atoms with Gasteiger partial charge in [-0.2, -0.15) is 0 Å². The van der Waals surface area contributed by atoms with Crippen molar-refractivity contribution < 1.29 is 4.84 Å². The molecular formula is C3H4N2O. The van der Waals surface area contributed by atoms with Gasteiger partial charge in [-0.3, -0.25) is 0 Å². The molecule has 0 atom stereocenters. The molecule has 3 nitrogen and oxygen atoms in total. The van der Waals surface area contributed by atoms with Crippen molar-refractivity contribution in [3.63, 3.8) is 0 Å². The summed E-state index contributed by atoms with van der Waals surface area (Å²) in [5.41, 5.74) is 0. The van der Waals surface area contributed by atoms with E-state index in [1.54, 1.807) is 0 Å². The molecule has 6 heavy (non-hydrogen) atoms. The molecular weight excluding hydrogens is 80.0 g/mol. The number of nitrogens with zero attached hydrogens (tertiary/aromatic N) is 2. The Morgan fingerprint density at radius 1 is 1.83 bits per heavy atom. The molecule has 0 amide bonds. The van der Waals surface area contributed by atoms with E-state index in [1.165, 1.54) is 0 Å². The van der Waals surface area contributed by atoms with Crippen LogP contribution in [0.15, 0.2) is 22.7 Å². The second-order valence-corrected chi connectivity index (χ2v) is 1.01. The minimum absolute atomic E-state index is 0.528. The Bertz CT molecular complexity index is 87.0. The highest BCUT2D eigenvalue weighted by atomic mass is 16.7. The minimum atomic E-state index is 0.528. The molecule has 0 spiro atoms. The number of hydrogen-bond acceptors (Lipinski definition) is 3. The zero-order valence-corrected chi connectivity index (χ0v) is 3.22. The zero-order valence-electron chi connectivity index (χ0n) is 3.22. The summed E-state index contributed by atoms with van der Waals surface area (Å²) in [6, 6.07) is 0. The summed E-state index contributed by atoms with van der Waals surface area (Å²) in [6.45, 7) is 3.97. The van der Waals surface area contributed by atoms with Crippen LogP contribution in [0.1, 0.15) is 0 Å². The van der Waals surface area contributed by atoms with E-state index < -0.39 is 0 Å². The third-order valence-corrected chi connectivity index (χ3v) is 0.475. The van der Waals surface area contributed by atoms with Crippen LogP contribution in [0.25, 0.3) is 0 Å². The summed E-state index contributed by atoms with van der Waals surface area (Å²) < 4.78 is 0. The van der Waals surface area contributed by atoms with Crippen LogP contribution in [0.2, 0.25) is 0 Å². The molecule has 0 aromatic rings. The second-order valence-electron chi connectivity index (χ2n) is 1.01. The van der Waals surface area contributed by atoms with Crippen LogP contribution < -0.4 is 0 Å². The summed E-state index contributed by atoms with van der Waals surface area (Å²) in [5, 5.41) is 6.66. The third kappa shape index (κ3) is 0.381. The normalized spacial score (nSPS) is 18.3. The summed E-state index contributed by atoms with van der Waals surface area (Å²) in [4.78, 5) is 4.42. The van der Waals surface area contributed by atoms with Crippen molar-refractivity contribution >= 4 is 0 Å². The molecule has 0 saturated heterocycles. The van der Waals surface area contributed by atoms with E-state index in [1.807, 2.05) is 0 Å². The molecule has 0 aromatic heterocycles. The van der Waals surface area contributed by atoms with E-state index in [-0.39, 0.29) is 0 Å². The number of hydrogen-bond donors (Lipinski definition) is 0. The van der Waals surface area contributed by atoms with E-state index in [4.69, 9.17) is 0 Å². The first kappa shape index (κ1) is 3.33. The van der Waals surface area contributed by atoms with Gasteiger partial charge in [0.2, 0.25) is 0 Å². The Morgan fingerprint density at radius 2 is 2.67 bits per heavy atom. The summed E-state index contributed by atoms with van der Waals surface area (Å²) in [5.74, 6) is 0.620. The lowest BCUT2D eigenvalue weighted by Crippen LogP contribution is -1.74. The van der Waals surface area contributed by atoms with Crippen LogP contribution in [-0.2, 0) is 4.84 Å². The van der Waals surface area contributed by atoms with E-state index in [0.29, 0.717) is 12.3 Å². The van der Waals surface area contributed by atoms with Crippen LogP contribution in [-0.4, -0.2) is 6.54 Å². The first-order chi connectivity index (χ1) is 2.89. The lowest BCUT2D eigenvalue weighted by molar-refractivity contribution is 0.240. The fourth-order valence-corrected chi connectivity index (χ4v) is 0.223. The van der Waals surface area contributed by atoms with Gasteiger partial charge in [-0.15, -0.1) is 5.11 Å². The average Bonchev–Trinajstić information content (AvgIpc) is 1.86.